The number of piperidine rings is 1. The average molecular weight is 433 g/mol. The Morgan fingerprint density at radius 3 is 2.47 bits per heavy atom. The van der Waals surface area contributed by atoms with Crippen molar-refractivity contribution in [3.8, 4) is 11.5 Å². The second-order valence-electron chi connectivity index (χ2n) is 7.42. The highest BCUT2D eigenvalue weighted by atomic mass is 32.2. The Kier molecular flexibility index (Phi) is 6.99. The molecule has 0 saturated carbocycles. The summed E-state index contributed by atoms with van der Waals surface area (Å²) >= 11 is 0. The highest BCUT2D eigenvalue weighted by Crippen LogP contribution is 2.32. The molecule has 2 aromatic carbocycles. The number of aryl methyl sites for hydroxylation is 1. The second kappa shape index (κ2) is 9.49. The largest absolute Gasteiger partial charge is 0.493 e. The van der Waals surface area contributed by atoms with Crippen molar-refractivity contribution in [2.45, 2.75) is 31.2 Å². The van der Waals surface area contributed by atoms with Gasteiger partial charge in [0.15, 0.2) is 11.5 Å². The molecule has 162 valence electrons. The van der Waals surface area contributed by atoms with Crippen LogP contribution < -0.4 is 14.8 Å². The zero-order chi connectivity index (χ0) is 21.7. The molecule has 1 saturated heterocycles. The molecule has 0 unspecified atom stereocenters. The van der Waals surface area contributed by atoms with Gasteiger partial charge >= 0.3 is 0 Å². The smallest absolute Gasteiger partial charge is 0.243 e. The van der Waals surface area contributed by atoms with Gasteiger partial charge in [0.1, 0.15) is 0 Å². The number of carbonyl (C=O) groups is 1. The summed E-state index contributed by atoms with van der Waals surface area (Å²) in [5.41, 5.74) is 2.17. The van der Waals surface area contributed by atoms with Crippen molar-refractivity contribution in [3.05, 3.63) is 53.6 Å². The molecular formula is C22H28N2O5S. The van der Waals surface area contributed by atoms with Crippen LogP contribution >= 0.6 is 0 Å². The SMILES string of the molecule is COc1ccc(S(=O)(=O)N2CCC[C@H](C(=O)NCc3ccc(C)cc3)C2)cc1OC. The Labute approximate surface area is 178 Å². The van der Waals surface area contributed by atoms with E-state index in [0.29, 0.717) is 37.4 Å². The van der Waals surface area contributed by atoms with E-state index < -0.39 is 10.0 Å². The number of rotatable bonds is 7. The molecule has 2 aromatic rings. The van der Waals surface area contributed by atoms with Crippen LogP contribution in [-0.4, -0.2) is 45.9 Å². The number of benzene rings is 2. The van der Waals surface area contributed by atoms with Gasteiger partial charge < -0.3 is 14.8 Å². The minimum Gasteiger partial charge on any atom is -0.493 e. The summed E-state index contributed by atoms with van der Waals surface area (Å²) < 4.78 is 38.1. The number of hydrogen-bond acceptors (Lipinski definition) is 5. The maximum Gasteiger partial charge on any atom is 0.243 e. The van der Waals surface area contributed by atoms with Crippen molar-refractivity contribution in [1.29, 1.82) is 0 Å². The standard InChI is InChI=1S/C22H28N2O5S/c1-16-6-8-17(9-7-16)14-23-22(25)18-5-4-12-24(15-18)30(26,27)19-10-11-20(28-2)21(13-19)29-3/h6-11,13,18H,4-5,12,14-15H2,1-3H3,(H,23,25)/t18-/m0/s1. The number of amides is 1. The zero-order valence-electron chi connectivity index (χ0n) is 17.6. The molecule has 0 aliphatic carbocycles. The van der Waals surface area contributed by atoms with Crippen molar-refractivity contribution in [2.75, 3.05) is 27.3 Å². The van der Waals surface area contributed by atoms with Crippen LogP contribution in [0.2, 0.25) is 0 Å². The first kappa shape index (κ1) is 22.1. The predicted molar refractivity (Wildman–Crippen MR) is 114 cm³/mol. The number of nitrogens with zero attached hydrogens (tertiary/aromatic N) is 1. The lowest BCUT2D eigenvalue weighted by Gasteiger charge is -2.31. The Balaban J connectivity index is 1.68. The highest BCUT2D eigenvalue weighted by Gasteiger charge is 2.33. The van der Waals surface area contributed by atoms with Gasteiger partial charge in [-0.25, -0.2) is 8.42 Å². The van der Waals surface area contributed by atoms with Crippen LogP contribution in [0.3, 0.4) is 0 Å². The Bertz CT molecular complexity index is 989. The molecule has 1 amide bonds. The Morgan fingerprint density at radius 1 is 1.10 bits per heavy atom. The van der Waals surface area contributed by atoms with Gasteiger partial charge in [-0.05, 0) is 37.5 Å². The third-order valence-electron chi connectivity index (χ3n) is 5.34. The minimum absolute atomic E-state index is 0.122. The summed E-state index contributed by atoms with van der Waals surface area (Å²) in [4.78, 5) is 12.8. The van der Waals surface area contributed by atoms with Gasteiger partial charge in [-0.3, -0.25) is 4.79 Å². The fraction of sp³-hybridized carbons (Fsp3) is 0.409. The third kappa shape index (κ3) is 4.94. The van der Waals surface area contributed by atoms with Crippen LogP contribution in [0.25, 0.3) is 0 Å². The van der Waals surface area contributed by atoms with Crippen molar-refractivity contribution < 1.29 is 22.7 Å². The summed E-state index contributed by atoms with van der Waals surface area (Å²) in [6.07, 6.45) is 1.30. The van der Waals surface area contributed by atoms with E-state index in [1.807, 2.05) is 31.2 Å². The van der Waals surface area contributed by atoms with Gasteiger partial charge in [0.2, 0.25) is 15.9 Å². The normalized spacial score (nSPS) is 17.4. The molecule has 0 bridgehead atoms. The van der Waals surface area contributed by atoms with Crippen LogP contribution in [0, 0.1) is 12.8 Å². The third-order valence-corrected chi connectivity index (χ3v) is 7.20. The maximum atomic E-state index is 13.1. The number of ether oxygens (including phenoxy) is 2. The van der Waals surface area contributed by atoms with E-state index in [9.17, 15) is 13.2 Å². The van der Waals surface area contributed by atoms with Crippen molar-refractivity contribution in [2.24, 2.45) is 5.92 Å². The first-order valence-electron chi connectivity index (χ1n) is 9.90. The molecule has 1 heterocycles. The summed E-state index contributed by atoms with van der Waals surface area (Å²) in [6, 6.07) is 12.5. The van der Waals surface area contributed by atoms with Crippen molar-refractivity contribution >= 4 is 15.9 Å². The molecule has 8 heteroatoms. The van der Waals surface area contributed by atoms with Crippen molar-refractivity contribution in [3.63, 3.8) is 0 Å². The molecule has 7 nitrogen and oxygen atoms in total. The number of sulfonamides is 1. The summed E-state index contributed by atoms with van der Waals surface area (Å²) in [5, 5.41) is 2.94. The zero-order valence-corrected chi connectivity index (χ0v) is 18.4. The van der Waals surface area contributed by atoms with Gasteiger partial charge in [-0.2, -0.15) is 4.31 Å². The molecule has 1 N–H and O–H groups in total. The minimum atomic E-state index is -3.74. The van der Waals surface area contributed by atoms with E-state index in [2.05, 4.69) is 5.32 Å². The van der Waals surface area contributed by atoms with E-state index >= 15 is 0 Å². The van der Waals surface area contributed by atoms with E-state index in [0.717, 1.165) is 11.1 Å². The number of hydrogen-bond donors (Lipinski definition) is 1. The molecular weight excluding hydrogens is 404 g/mol. The van der Waals surface area contributed by atoms with Gasteiger partial charge in [-0.1, -0.05) is 29.8 Å². The lowest BCUT2D eigenvalue weighted by atomic mass is 9.98. The van der Waals surface area contributed by atoms with Crippen LogP contribution in [-0.2, 0) is 21.4 Å². The topological polar surface area (TPSA) is 84.9 Å². The Morgan fingerprint density at radius 2 is 1.80 bits per heavy atom. The fourth-order valence-corrected chi connectivity index (χ4v) is 5.08. The molecule has 3 rings (SSSR count). The predicted octanol–water partition coefficient (Wildman–Crippen LogP) is 2.73. The maximum absolute atomic E-state index is 13.1. The van der Waals surface area contributed by atoms with Crippen LogP contribution in [0.1, 0.15) is 24.0 Å². The quantitative estimate of drug-likeness (QED) is 0.727. The van der Waals surface area contributed by atoms with Gasteiger partial charge in [0, 0.05) is 25.7 Å². The molecule has 1 atom stereocenters. The van der Waals surface area contributed by atoms with Gasteiger partial charge in [0.05, 0.1) is 25.0 Å². The van der Waals surface area contributed by atoms with Gasteiger partial charge in [-0.15, -0.1) is 0 Å². The number of nitrogens with one attached hydrogen (secondary N) is 1. The van der Waals surface area contributed by atoms with Crippen LogP contribution in [0.4, 0.5) is 0 Å². The van der Waals surface area contributed by atoms with E-state index in [4.69, 9.17) is 9.47 Å². The molecule has 1 aliphatic rings. The monoisotopic (exact) mass is 432 g/mol. The molecule has 30 heavy (non-hydrogen) atoms. The molecule has 0 spiro atoms. The van der Waals surface area contributed by atoms with E-state index in [-0.39, 0.29) is 23.3 Å². The van der Waals surface area contributed by atoms with Crippen molar-refractivity contribution in [1.82, 2.24) is 9.62 Å². The first-order valence-corrected chi connectivity index (χ1v) is 11.3. The van der Waals surface area contributed by atoms with Crippen LogP contribution in [0.15, 0.2) is 47.4 Å². The molecule has 1 aliphatic heterocycles. The first-order chi connectivity index (χ1) is 14.3. The molecule has 1 fully saturated rings. The highest BCUT2D eigenvalue weighted by molar-refractivity contribution is 7.89. The molecule has 0 aromatic heterocycles. The van der Waals surface area contributed by atoms with E-state index in [1.54, 1.807) is 6.07 Å². The fourth-order valence-electron chi connectivity index (χ4n) is 3.54. The summed E-state index contributed by atoms with van der Waals surface area (Å²) in [7, 11) is -0.782. The number of carbonyl (C=O) groups excluding carboxylic acids is 1. The lowest BCUT2D eigenvalue weighted by molar-refractivity contribution is -0.126. The van der Waals surface area contributed by atoms with Crippen LogP contribution in [0.5, 0.6) is 11.5 Å². The second-order valence-corrected chi connectivity index (χ2v) is 9.36. The average Bonchev–Trinajstić information content (AvgIpc) is 2.78. The Hall–Kier alpha value is -2.58. The summed E-state index contributed by atoms with van der Waals surface area (Å²) in [5.74, 6) is 0.313. The molecule has 0 radical (unpaired) electrons. The van der Waals surface area contributed by atoms with E-state index in [1.165, 1.54) is 30.7 Å². The number of methoxy groups -OCH3 is 2. The lowest BCUT2D eigenvalue weighted by Crippen LogP contribution is -2.45. The van der Waals surface area contributed by atoms with Gasteiger partial charge in [0.25, 0.3) is 0 Å². The summed E-state index contributed by atoms with van der Waals surface area (Å²) in [6.45, 7) is 2.99.